The molecule has 2 rings (SSSR count). The molecule has 2 aliphatic heterocycles. The molecule has 0 amide bonds. The minimum atomic E-state index is -0.360. The molecule has 2 heteroatoms. The Morgan fingerprint density at radius 1 is 1.16 bits per heavy atom. The van der Waals surface area contributed by atoms with Crippen molar-refractivity contribution in [2.45, 2.75) is 88.3 Å². The highest BCUT2D eigenvalue weighted by atomic mass is 16.3. The topological polar surface area (TPSA) is 23.5 Å². The predicted octanol–water partition coefficient (Wildman–Crippen LogP) is 3.89. The summed E-state index contributed by atoms with van der Waals surface area (Å²) in [6.45, 7) is 3.76. The van der Waals surface area contributed by atoms with Gasteiger partial charge in [0.25, 0.3) is 0 Å². The molecule has 2 atom stereocenters. The van der Waals surface area contributed by atoms with Gasteiger partial charge in [-0.2, -0.15) is 0 Å². The van der Waals surface area contributed by atoms with Crippen LogP contribution in [0.1, 0.15) is 70.6 Å². The van der Waals surface area contributed by atoms with Crippen LogP contribution in [-0.2, 0) is 0 Å². The number of rotatable bonds is 7. The molecular formula is C17H31NO. The third-order valence-corrected chi connectivity index (χ3v) is 5.26. The van der Waals surface area contributed by atoms with E-state index in [0.717, 1.165) is 25.7 Å². The van der Waals surface area contributed by atoms with Crippen LogP contribution in [0.25, 0.3) is 0 Å². The Morgan fingerprint density at radius 3 is 2.42 bits per heavy atom. The highest BCUT2D eigenvalue weighted by molar-refractivity contribution is 4.98. The van der Waals surface area contributed by atoms with Crippen molar-refractivity contribution in [3.63, 3.8) is 0 Å². The Hall–Kier alpha value is -0.340. The molecule has 2 heterocycles. The zero-order chi connectivity index (χ0) is 13.7. The van der Waals surface area contributed by atoms with Crippen molar-refractivity contribution in [3.8, 4) is 0 Å². The van der Waals surface area contributed by atoms with Crippen LogP contribution in [0, 0.1) is 0 Å². The maximum Gasteiger partial charge on any atom is 0.0677 e. The van der Waals surface area contributed by atoms with Crippen molar-refractivity contribution < 1.29 is 5.11 Å². The zero-order valence-electron chi connectivity index (χ0n) is 12.6. The Labute approximate surface area is 118 Å². The average molecular weight is 265 g/mol. The van der Waals surface area contributed by atoms with E-state index in [1.54, 1.807) is 0 Å². The number of fused-ring (bicyclic) bond motifs is 2. The van der Waals surface area contributed by atoms with Gasteiger partial charge in [-0.3, -0.25) is 0 Å². The number of nitrogens with zero attached hydrogens (tertiary/aromatic N) is 1. The number of unbranched alkanes of at least 4 members (excludes halogenated alkanes) is 4. The fourth-order valence-corrected chi connectivity index (χ4v) is 4.05. The predicted molar refractivity (Wildman–Crippen MR) is 81.3 cm³/mol. The van der Waals surface area contributed by atoms with E-state index in [4.69, 9.17) is 0 Å². The average Bonchev–Trinajstić information content (AvgIpc) is 2.36. The van der Waals surface area contributed by atoms with E-state index in [1.165, 1.54) is 44.9 Å². The maximum absolute atomic E-state index is 10.9. The molecule has 2 bridgehead atoms. The van der Waals surface area contributed by atoms with Gasteiger partial charge in [-0.15, -0.1) is 6.58 Å². The highest BCUT2D eigenvalue weighted by Gasteiger charge is 2.43. The van der Waals surface area contributed by atoms with Crippen LogP contribution in [0.15, 0.2) is 12.7 Å². The van der Waals surface area contributed by atoms with Crippen LogP contribution in [0.2, 0.25) is 0 Å². The molecule has 2 aliphatic rings. The standard InChI is InChI=1S/C17H31NO/c1-3-4-5-6-7-8-12-17(19)13-15-10-9-11-16(14-17)18(15)2/h3,15-16,19H,1,4-14H2,2H3. The van der Waals surface area contributed by atoms with Gasteiger partial charge in [-0.05, 0) is 52.0 Å². The summed E-state index contributed by atoms with van der Waals surface area (Å²) in [5.41, 5.74) is -0.360. The first kappa shape index (κ1) is 15.1. The second-order valence-corrected chi connectivity index (χ2v) is 6.78. The van der Waals surface area contributed by atoms with Gasteiger partial charge in [0, 0.05) is 12.1 Å². The maximum atomic E-state index is 10.9. The zero-order valence-corrected chi connectivity index (χ0v) is 12.6. The van der Waals surface area contributed by atoms with E-state index < -0.39 is 0 Å². The van der Waals surface area contributed by atoms with Gasteiger partial charge in [0.2, 0.25) is 0 Å². The molecule has 0 saturated carbocycles. The van der Waals surface area contributed by atoms with E-state index in [9.17, 15) is 5.11 Å². The van der Waals surface area contributed by atoms with Gasteiger partial charge >= 0.3 is 0 Å². The Bertz CT molecular complexity index is 275. The van der Waals surface area contributed by atoms with Crippen molar-refractivity contribution in [2.24, 2.45) is 0 Å². The first-order valence-corrected chi connectivity index (χ1v) is 8.20. The quantitative estimate of drug-likeness (QED) is 0.557. The molecule has 2 nitrogen and oxygen atoms in total. The Kier molecular flexibility index (Phi) is 5.47. The van der Waals surface area contributed by atoms with Crippen molar-refractivity contribution in [1.29, 1.82) is 0 Å². The van der Waals surface area contributed by atoms with Gasteiger partial charge in [-0.1, -0.05) is 31.8 Å². The van der Waals surface area contributed by atoms with Crippen molar-refractivity contribution in [3.05, 3.63) is 12.7 Å². The first-order valence-electron chi connectivity index (χ1n) is 8.20. The van der Waals surface area contributed by atoms with Crippen LogP contribution >= 0.6 is 0 Å². The minimum absolute atomic E-state index is 0.360. The lowest BCUT2D eigenvalue weighted by Gasteiger charge is -2.50. The highest BCUT2D eigenvalue weighted by Crippen LogP contribution is 2.40. The molecule has 0 aliphatic carbocycles. The van der Waals surface area contributed by atoms with E-state index in [-0.39, 0.29) is 5.60 Å². The molecule has 1 N–H and O–H groups in total. The molecule has 110 valence electrons. The van der Waals surface area contributed by atoms with Crippen molar-refractivity contribution >= 4 is 0 Å². The molecule has 0 aromatic heterocycles. The summed E-state index contributed by atoms with van der Waals surface area (Å²) in [7, 11) is 2.25. The molecule has 2 saturated heterocycles. The number of aliphatic hydroxyl groups is 1. The molecule has 2 unspecified atom stereocenters. The number of allylic oxidation sites excluding steroid dienone is 1. The van der Waals surface area contributed by atoms with E-state index >= 15 is 0 Å². The molecule has 0 aromatic carbocycles. The van der Waals surface area contributed by atoms with Crippen LogP contribution < -0.4 is 0 Å². The van der Waals surface area contributed by atoms with Gasteiger partial charge in [0.1, 0.15) is 0 Å². The molecule has 0 aromatic rings. The smallest absolute Gasteiger partial charge is 0.0677 e. The minimum Gasteiger partial charge on any atom is -0.390 e. The third-order valence-electron chi connectivity index (χ3n) is 5.26. The number of hydrogen-bond donors (Lipinski definition) is 1. The van der Waals surface area contributed by atoms with Crippen LogP contribution in [0.5, 0.6) is 0 Å². The first-order chi connectivity index (χ1) is 9.14. The SMILES string of the molecule is C=CCCCCCCC1(O)CC2CCCC(C1)N2C. The van der Waals surface area contributed by atoms with Crippen molar-refractivity contribution in [1.82, 2.24) is 4.90 Å². The van der Waals surface area contributed by atoms with Gasteiger partial charge in [-0.25, -0.2) is 0 Å². The summed E-state index contributed by atoms with van der Waals surface area (Å²) in [6, 6.07) is 1.27. The largest absolute Gasteiger partial charge is 0.390 e. The number of piperidine rings is 2. The second-order valence-electron chi connectivity index (χ2n) is 6.78. The normalized spacial score (nSPS) is 35.3. The summed E-state index contributed by atoms with van der Waals surface area (Å²) < 4.78 is 0. The summed E-state index contributed by atoms with van der Waals surface area (Å²) in [5.74, 6) is 0. The monoisotopic (exact) mass is 265 g/mol. The lowest BCUT2D eigenvalue weighted by Crippen LogP contribution is -2.56. The van der Waals surface area contributed by atoms with E-state index in [1.807, 2.05) is 6.08 Å². The van der Waals surface area contributed by atoms with Crippen LogP contribution in [0.3, 0.4) is 0 Å². The summed E-state index contributed by atoms with van der Waals surface area (Å²) in [5, 5.41) is 10.9. The fraction of sp³-hybridized carbons (Fsp3) is 0.882. The fourth-order valence-electron chi connectivity index (χ4n) is 4.05. The van der Waals surface area contributed by atoms with Crippen LogP contribution in [0.4, 0.5) is 0 Å². The molecule has 0 spiro atoms. The molecular weight excluding hydrogens is 234 g/mol. The second kappa shape index (κ2) is 6.90. The van der Waals surface area contributed by atoms with Gasteiger partial charge < -0.3 is 10.0 Å². The third kappa shape index (κ3) is 4.06. The van der Waals surface area contributed by atoms with E-state index in [0.29, 0.717) is 12.1 Å². The Balaban J connectivity index is 1.72. The summed E-state index contributed by atoms with van der Waals surface area (Å²) >= 11 is 0. The number of hydrogen-bond acceptors (Lipinski definition) is 2. The molecule has 2 fully saturated rings. The van der Waals surface area contributed by atoms with Crippen LogP contribution in [-0.4, -0.2) is 34.7 Å². The summed E-state index contributed by atoms with van der Waals surface area (Å²) in [6.07, 6.45) is 15.1. The van der Waals surface area contributed by atoms with Gasteiger partial charge in [0.15, 0.2) is 0 Å². The summed E-state index contributed by atoms with van der Waals surface area (Å²) in [4.78, 5) is 2.53. The Morgan fingerprint density at radius 2 is 1.79 bits per heavy atom. The van der Waals surface area contributed by atoms with E-state index in [2.05, 4.69) is 18.5 Å². The lowest BCUT2D eigenvalue weighted by atomic mass is 9.74. The van der Waals surface area contributed by atoms with Gasteiger partial charge in [0.05, 0.1) is 5.60 Å². The molecule has 0 radical (unpaired) electrons. The molecule has 19 heavy (non-hydrogen) atoms. The lowest BCUT2D eigenvalue weighted by molar-refractivity contribution is -0.0878. The van der Waals surface area contributed by atoms with Crippen molar-refractivity contribution in [2.75, 3.05) is 7.05 Å².